The Hall–Kier alpha value is -1.99. The van der Waals surface area contributed by atoms with Crippen LogP contribution in [0.2, 0.25) is 0 Å². The molecule has 106 valence electrons. The highest BCUT2D eigenvalue weighted by Crippen LogP contribution is 2.18. The van der Waals surface area contributed by atoms with Gasteiger partial charge in [0.05, 0.1) is 11.5 Å². The molecule has 0 aliphatic carbocycles. The summed E-state index contributed by atoms with van der Waals surface area (Å²) in [5.41, 5.74) is 0.882. The van der Waals surface area contributed by atoms with E-state index in [1.807, 2.05) is 0 Å². The Bertz CT molecular complexity index is 715. The van der Waals surface area contributed by atoms with Crippen LogP contribution in [0.3, 0.4) is 0 Å². The van der Waals surface area contributed by atoms with Crippen LogP contribution in [-0.2, 0) is 16.6 Å². The van der Waals surface area contributed by atoms with E-state index in [0.29, 0.717) is 11.6 Å². The van der Waals surface area contributed by atoms with Gasteiger partial charge in [-0.25, -0.2) is 17.2 Å². The molecule has 20 heavy (non-hydrogen) atoms. The van der Waals surface area contributed by atoms with Gasteiger partial charge in [-0.3, -0.25) is 4.72 Å². The molecule has 4 nitrogen and oxygen atoms in total. The summed E-state index contributed by atoms with van der Waals surface area (Å²) in [6.45, 7) is -0.157. The van der Waals surface area contributed by atoms with Gasteiger partial charge in [0.25, 0.3) is 10.0 Å². The Morgan fingerprint density at radius 3 is 2.20 bits per heavy atom. The van der Waals surface area contributed by atoms with Crippen LogP contribution < -0.4 is 4.72 Å². The number of sulfonamides is 1. The SMILES string of the molecule is O=S(=O)(Nc1ccc(CO)cc1)c1ccc(F)c(F)c1. The maximum Gasteiger partial charge on any atom is 0.261 e. The first-order chi connectivity index (χ1) is 9.42. The standard InChI is InChI=1S/C13H11F2NO3S/c14-12-6-5-11(7-13(12)15)20(18,19)16-10-3-1-9(8-17)2-4-10/h1-7,16-17H,8H2. The molecule has 2 aromatic carbocycles. The predicted octanol–water partition coefficient (Wildman–Crippen LogP) is 2.26. The summed E-state index contributed by atoms with van der Waals surface area (Å²) < 4.78 is 52.0. The molecule has 0 spiro atoms. The van der Waals surface area contributed by atoms with Crippen molar-refractivity contribution in [2.75, 3.05) is 4.72 Å². The van der Waals surface area contributed by atoms with Crippen molar-refractivity contribution in [2.45, 2.75) is 11.5 Å². The number of hydrogen-bond donors (Lipinski definition) is 2. The third kappa shape index (κ3) is 3.12. The highest BCUT2D eigenvalue weighted by Gasteiger charge is 2.16. The smallest absolute Gasteiger partial charge is 0.261 e. The van der Waals surface area contributed by atoms with Crippen molar-refractivity contribution >= 4 is 15.7 Å². The van der Waals surface area contributed by atoms with Crippen molar-refractivity contribution < 1.29 is 22.3 Å². The molecule has 0 fully saturated rings. The third-order valence-corrected chi connectivity index (χ3v) is 3.97. The number of aliphatic hydroxyl groups is 1. The van der Waals surface area contributed by atoms with E-state index in [2.05, 4.69) is 4.72 Å². The lowest BCUT2D eigenvalue weighted by Crippen LogP contribution is -2.13. The van der Waals surface area contributed by atoms with E-state index in [1.165, 1.54) is 12.1 Å². The maximum absolute atomic E-state index is 13.1. The van der Waals surface area contributed by atoms with Crippen LogP contribution in [-0.4, -0.2) is 13.5 Å². The molecule has 2 aromatic rings. The molecule has 0 saturated carbocycles. The Kier molecular flexibility index (Phi) is 4.01. The van der Waals surface area contributed by atoms with E-state index in [9.17, 15) is 17.2 Å². The van der Waals surface area contributed by atoms with Crippen LogP contribution in [0.5, 0.6) is 0 Å². The van der Waals surface area contributed by atoms with E-state index in [1.54, 1.807) is 12.1 Å². The average molecular weight is 299 g/mol. The molecular weight excluding hydrogens is 288 g/mol. The summed E-state index contributed by atoms with van der Waals surface area (Å²) in [6.07, 6.45) is 0. The normalized spacial score (nSPS) is 11.3. The lowest BCUT2D eigenvalue weighted by molar-refractivity contribution is 0.282. The quantitative estimate of drug-likeness (QED) is 0.910. The van der Waals surface area contributed by atoms with Gasteiger partial charge in [-0.15, -0.1) is 0 Å². The first-order valence-corrected chi connectivity index (χ1v) is 7.08. The Balaban J connectivity index is 2.27. The van der Waals surface area contributed by atoms with E-state index in [4.69, 9.17) is 5.11 Å². The summed E-state index contributed by atoms with van der Waals surface area (Å²) in [5.74, 6) is -2.35. The molecule has 0 aliphatic heterocycles. The highest BCUT2D eigenvalue weighted by molar-refractivity contribution is 7.92. The molecule has 0 radical (unpaired) electrons. The molecule has 7 heteroatoms. The first-order valence-electron chi connectivity index (χ1n) is 5.60. The maximum atomic E-state index is 13.1. The highest BCUT2D eigenvalue weighted by atomic mass is 32.2. The molecule has 0 unspecified atom stereocenters. The number of hydrogen-bond acceptors (Lipinski definition) is 3. The van der Waals surface area contributed by atoms with Crippen LogP contribution >= 0.6 is 0 Å². The fraction of sp³-hybridized carbons (Fsp3) is 0.0769. The number of anilines is 1. The van der Waals surface area contributed by atoms with Gasteiger partial charge < -0.3 is 5.11 Å². The fourth-order valence-corrected chi connectivity index (χ4v) is 2.61. The van der Waals surface area contributed by atoms with Crippen molar-refractivity contribution in [1.82, 2.24) is 0 Å². The average Bonchev–Trinajstić information content (AvgIpc) is 2.42. The summed E-state index contributed by atoms with van der Waals surface area (Å²) in [7, 11) is -3.99. The van der Waals surface area contributed by atoms with E-state index < -0.39 is 21.7 Å². The topological polar surface area (TPSA) is 66.4 Å². The summed E-state index contributed by atoms with van der Waals surface area (Å²) >= 11 is 0. The number of halogens is 2. The van der Waals surface area contributed by atoms with E-state index >= 15 is 0 Å². The first kappa shape index (κ1) is 14.4. The molecule has 0 saturated heterocycles. The van der Waals surface area contributed by atoms with Gasteiger partial charge in [-0.05, 0) is 35.9 Å². The van der Waals surface area contributed by atoms with Gasteiger partial charge >= 0.3 is 0 Å². The van der Waals surface area contributed by atoms with Crippen molar-refractivity contribution in [3.63, 3.8) is 0 Å². The number of nitrogens with one attached hydrogen (secondary N) is 1. The third-order valence-electron chi connectivity index (χ3n) is 2.59. The molecule has 2 N–H and O–H groups in total. The van der Waals surface area contributed by atoms with E-state index in [-0.39, 0.29) is 17.2 Å². The van der Waals surface area contributed by atoms with Gasteiger partial charge in [-0.1, -0.05) is 12.1 Å². The second-order valence-corrected chi connectivity index (χ2v) is 5.72. The predicted molar refractivity (Wildman–Crippen MR) is 69.5 cm³/mol. The van der Waals surface area contributed by atoms with Crippen LogP contribution in [0.1, 0.15) is 5.56 Å². The van der Waals surface area contributed by atoms with Gasteiger partial charge in [0, 0.05) is 5.69 Å². The zero-order valence-corrected chi connectivity index (χ0v) is 11.0. The molecular formula is C13H11F2NO3S. The lowest BCUT2D eigenvalue weighted by Gasteiger charge is -2.08. The number of benzene rings is 2. The van der Waals surface area contributed by atoms with Crippen LogP contribution in [0.15, 0.2) is 47.4 Å². The van der Waals surface area contributed by atoms with Crippen molar-refractivity contribution in [3.8, 4) is 0 Å². The Morgan fingerprint density at radius 2 is 1.65 bits per heavy atom. The monoisotopic (exact) mass is 299 g/mol. The van der Waals surface area contributed by atoms with Gasteiger partial charge in [0.15, 0.2) is 11.6 Å². The minimum absolute atomic E-state index is 0.157. The van der Waals surface area contributed by atoms with Crippen LogP contribution in [0, 0.1) is 11.6 Å². The minimum Gasteiger partial charge on any atom is -0.392 e. The molecule has 2 rings (SSSR count). The number of rotatable bonds is 4. The fourth-order valence-electron chi connectivity index (χ4n) is 1.54. The van der Waals surface area contributed by atoms with Gasteiger partial charge in [0.1, 0.15) is 0 Å². The van der Waals surface area contributed by atoms with E-state index in [0.717, 1.165) is 12.1 Å². The second kappa shape index (κ2) is 5.56. The summed E-state index contributed by atoms with van der Waals surface area (Å²) in [6, 6.07) is 8.35. The van der Waals surface area contributed by atoms with Crippen molar-refractivity contribution in [1.29, 1.82) is 0 Å². The molecule has 0 atom stereocenters. The lowest BCUT2D eigenvalue weighted by atomic mass is 10.2. The second-order valence-electron chi connectivity index (χ2n) is 4.04. The zero-order valence-electron chi connectivity index (χ0n) is 10.2. The largest absolute Gasteiger partial charge is 0.392 e. The van der Waals surface area contributed by atoms with Crippen molar-refractivity contribution in [2.24, 2.45) is 0 Å². The minimum atomic E-state index is -3.99. The van der Waals surface area contributed by atoms with Crippen LogP contribution in [0.4, 0.5) is 14.5 Å². The Morgan fingerprint density at radius 1 is 1.00 bits per heavy atom. The summed E-state index contributed by atoms with van der Waals surface area (Å²) in [5, 5.41) is 8.88. The van der Waals surface area contributed by atoms with Crippen molar-refractivity contribution in [3.05, 3.63) is 59.7 Å². The van der Waals surface area contributed by atoms with Gasteiger partial charge in [-0.2, -0.15) is 0 Å². The van der Waals surface area contributed by atoms with Gasteiger partial charge in [0.2, 0.25) is 0 Å². The molecule has 0 bridgehead atoms. The van der Waals surface area contributed by atoms with Crippen LogP contribution in [0.25, 0.3) is 0 Å². The number of aliphatic hydroxyl groups excluding tert-OH is 1. The molecule has 0 aliphatic rings. The Labute approximate surface area is 114 Å². The summed E-state index contributed by atoms with van der Waals surface area (Å²) in [4.78, 5) is -0.373. The zero-order chi connectivity index (χ0) is 14.8. The molecule has 0 amide bonds. The molecule has 0 aromatic heterocycles. The molecule has 0 heterocycles.